The van der Waals surface area contributed by atoms with Crippen molar-refractivity contribution in [2.45, 2.75) is 64.0 Å². The van der Waals surface area contributed by atoms with Crippen LogP contribution in [0.1, 0.15) is 67.8 Å². The Hall–Kier alpha value is -2.77. The molecule has 5 rings (SSSR count). The number of nitrogens with zero attached hydrogens (tertiary/aromatic N) is 4. The number of rotatable bonds is 6. The summed E-state index contributed by atoms with van der Waals surface area (Å²) >= 11 is 0. The fourth-order valence-corrected chi connectivity index (χ4v) is 6.03. The number of hydrogen-bond acceptors (Lipinski definition) is 4. The number of aliphatic hydroxyl groups excluding tert-OH is 1. The molecule has 36 heavy (non-hydrogen) atoms. The van der Waals surface area contributed by atoms with Gasteiger partial charge in [0.15, 0.2) is 0 Å². The summed E-state index contributed by atoms with van der Waals surface area (Å²) in [5.74, 6) is 0.244. The van der Waals surface area contributed by atoms with Gasteiger partial charge in [0.25, 0.3) is 5.91 Å². The first kappa shape index (κ1) is 24.9. The van der Waals surface area contributed by atoms with Crippen LogP contribution < -0.4 is 0 Å². The fraction of sp³-hybridized carbons (Fsp3) is 0.517. The van der Waals surface area contributed by atoms with Gasteiger partial charge in [-0.05, 0) is 94.2 Å². The molecule has 1 saturated heterocycles. The van der Waals surface area contributed by atoms with Crippen LogP contribution in [0.2, 0.25) is 0 Å². The minimum absolute atomic E-state index is 0.00528. The summed E-state index contributed by atoms with van der Waals surface area (Å²) in [4.78, 5) is 21.9. The van der Waals surface area contributed by atoms with E-state index in [1.54, 1.807) is 18.0 Å². The van der Waals surface area contributed by atoms with Gasteiger partial charge in [0.1, 0.15) is 5.82 Å². The topological polar surface area (TPSA) is 61.6 Å². The van der Waals surface area contributed by atoms with Crippen molar-refractivity contribution in [1.82, 2.24) is 19.4 Å². The summed E-state index contributed by atoms with van der Waals surface area (Å²) in [6.45, 7) is 6.31. The SMILES string of the molecule is CC(C)N(C)C(=O)c1cc(F)ccc1-n1cc([C@H]2CC[C@@H](N3CCC(CO)C3)CC2)c2ccncc21. The van der Waals surface area contributed by atoms with E-state index in [0.717, 1.165) is 56.1 Å². The predicted octanol–water partition coefficient (Wildman–Crippen LogP) is 4.99. The van der Waals surface area contributed by atoms with Gasteiger partial charge in [0.05, 0.1) is 23.0 Å². The molecule has 7 heteroatoms. The van der Waals surface area contributed by atoms with E-state index in [1.165, 1.54) is 17.7 Å². The molecule has 192 valence electrons. The van der Waals surface area contributed by atoms with Gasteiger partial charge in [0.2, 0.25) is 0 Å². The molecule has 3 heterocycles. The fourth-order valence-electron chi connectivity index (χ4n) is 6.03. The lowest BCUT2D eigenvalue weighted by molar-refractivity contribution is 0.0754. The minimum atomic E-state index is -0.419. The number of carbonyl (C=O) groups excluding carboxylic acids is 1. The maximum Gasteiger partial charge on any atom is 0.256 e. The van der Waals surface area contributed by atoms with Crippen LogP contribution >= 0.6 is 0 Å². The zero-order valence-corrected chi connectivity index (χ0v) is 21.5. The molecular weight excluding hydrogens is 455 g/mol. The second kappa shape index (κ2) is 10.3. The third kappa shape index (κ3) is 4.66. The van der Waals surface area contributed by atoms with Gasteiger partial charge >= 0.3 is 0 Å². The number of pyridine rings is 1. The molecule has 1 atom stereocenters. The van der Waals surface area contributed by atoms with Crippen LogP contribution in [-0.2, 0) is 0 Å². The van der Waals surface area contributed by atoms with Gasteiger partial charge in [-0.25, -0.2) is 4.39 Å². The Morgan fingerprint density at radius 3 is 2.67 bits per heavy atom. The Kier molecular flexibility index (Phi) is 7.13. The average molecular weight is 493 g/mol. The first-order valence-electron chi connectivity index (χ1n) is 13.2. The van der Waals surface area contributed by atoms with E-state index < -0.39 is 5.82 Å². The zero-order valence-electron chi connectivity index (χ0n) is 21.5. The molecule has 1 aliphatic carbocycles. The smallest absolute Gasteiger partial charge is 0.256 e. The summed E-state index contributed by atoms with van der Waals surface area (Å²) < 4.78 is 16.3. The summed E-state index contributed by atoms with van der Waals surface area (Å²) in [5.41, 5.74) is 3.25. The highest BCUT2D eigenvalue weighted by atomic mass is 19.1. The molecular formula is C29H37FN4O2. The van der Waals surface area contributed by atoms with Gasteiger partial charge in [-0.2, -0.15) is 0 Å². The van der Waals surface area contributed by atoms with E-state index in [4.69, 9.17) is 0 Å². The normalized spacial score (nSPS) is 23.0. The van der Waals surface area contributed by atoms with E-state index in [9.17, 15) is 14.3 Å². The Labute approximate surface area is 212 Å². The number of hydrogen-bond donors (Lipinski definition) is 1. The van der Waals surface area contributed by atoms with Crippen molar-refractivity contribution in [3.05, 3.63) is 59.8 Å². The van der Waals surface area contributed by atoms with Gasteiger partial charge < -0.3 is 19.5 Å². The number of aliphatic hydroxyl groups is 1. The van der Waals surface area contributed by atoms with Crippen molar-refractivity contribution in [2.24, 2.45) is 5.92 Å². The van der Waals surface area contributed by atoms with Crippen molar-refractivity contribution in [3.8, 4) is 5.69 Å². The maximum absolute atomic E-state index is 14.3. The summed E-state index contributed by atoms with van der Waals surface area (Å²) in [6, 6.07) is 7.13. The summed E-state index contributed by atoms with van der Waals surface area (Å²) in [7, 11) is 1.75. The van der Waals surface area contributed by atoms with Gasteiger partial charge in [-0.3, -0.25) is 9.78 Å². The molecule has 6 nitrogen and oxygen atoms in total. The van der Waals surface area contributed by atoms with E-state index in [-0.39, 0.29) is 11.9 Å². The summed E-state index contributed by atoms with van der Waals surface area (Å²) in [6.07, 6.45) is 11.4. The lowest BCUT2D eigenvalue weighted by Gasteiger charge is -2.34. The van der Waals surface area contributed by atoms with Crippen LogP contribution in [0, 0.1) is 11.7 Å². The quantitative estimate of drug-likeness (QED) is 0.527. The molecule has 2 fully saturated rings. The Bertz CT molecular complexity index is 1230. The molecule has 1 aromatic carbocycles. The lowest BCUT2D eigenvalue weighted by atomic mass is 9.81. The largest absolute Gasteiger partial charge is 0.396 e. The molecule has 0 radical (unpaired) electrons. The first-order valence-corrected chi connectivity index (χ1v) is 13.2. The summed E-state index contributed by atoms with van der Waals surface area (Å²) in [5, 5.41) is 10.7. The third-order valence-electron chi connectivity index (χ3n) is 8.41. The molecule has 0 bridgehead atoms. The Balaban J connectivity index is 1.46. The molecule has 2 aromatic heterocycles. The molecule has 1 saturated carbocycles. The van der Waals surface area contributed by atoms with Crippen molar-refractivity contribution in [3.63, 3.8) is 0 Å². The van der Waals surface area contributed by atoms with E-state index in [0.29, 0.717) is 35.7 Å². The van der Waals surface area contributed by atoms with Crippen LogP contribution in [0.4, 0.5) is 4.39 Å². The second-order valence-corrected chi connectivity index (χ2v) is 10.9. The highest BCUT2D eigenvalue weighted by Crippen LogP contribution is 2.40. The van der Waals surface area contributed by atoms with Crippen molar-refractivity contribution < 1.29 is 14.3 Å². The number of fused-ring (bicyclic) bond motifs is 1. The van der Waals surface area contributed by atoms with Gasteiger partial charge in [-0.15, -0.1) is 0 Å². The molecule has 1 N–H and O–H groups in total. The average Bonchev–Trinajstić information content (AvgIpc) is 3.53. The number of benzene rings is 1. The molecule has 1 amide bonds. The standard InChI is InChI=1S/C29H37FN4O2/c1-19(2)32(3)29(36)25-14-22(30)6-9-27(25)34-17-26(24-10-12-31-15-28(24)34)21-4-7-23(8-5-21)33-13-11-20(16-33)18-35/h6,9-10,12,14-15,17,19-21,23,35H,4-5,7-8,11,13,16,18H2,1-3H3/t20?,21-,23+. The Morgan fingerprint density at radius 2 is 1.97 bits per heavy atom. The number of aromatic nitrogens is 2. The maximum atomic E-state index is 14.3. The number of carbonyl (C=O) groups is 1. The van der Waals surface area contributed by atoms with Crippen LogP contribution in [0.5, 0.6) is 0 Å². The van der Waals surface area contributed by atoms with Crippen molar-refractivity contribution in [2.75, 3.05) is 26.7 Å². The lowest BCUT2D eigenvalue weighted by Crippen LogP contribution is -2.36. The van der Waals surface area contributed by atoms with E-state index in [1.807, 2.05) is 30.8 Å². The van der Waals surface area contributed by atoms with E-state index in [2.05, 4.69) is 22.1 Å². The van der Waals surface area contributed by atoms with Crippen molar-refractivity contribution in [1.29, 1.82) is 0 Å². The van der Waals surface area contributed by atoms with Gasteiger partial charge in [0, 0.05) is 50.1 Å². The molecule has 2 aliphatic rings. The highest BCUT2D eigenvalue weighted by Gasteiger charge is 2.32. The minimum Gasteiger partial charge on any atom is -0.396 e. The molecule has 1 unspecified atom stereocenters. The molecule has 1 aliphatic heterocycles. The number of likely N-dealkylation sites (tertiary alicyclic amines) is 1. The van der Waals surface area contributed by atoms with Crippen molar-refractivity contribution >= 4 is 16.8 Å². The van der Waals surface area contributed by atoms with Crippen LogP contribution in [0.15, 0.2) is 42.9 Å². The Morgan fingerprint density at radius 1 is 1.19 bits per heavy atom. The highest BCUT2D eigenvalue weighted by molar-refractivity contribution is 5.99. The zero-order chi connectivity index (χ0) is 25.4. The molecule has 0 spiro atoms. The van der Waals surface area contributed by atoms with Crippen LogP contribution in [0.25, 0.3) is 16.6 Å². The number of halogens is 1. The first-order chi connectivity index (χ1) is 17.4. The monoisotopic (exact) mass is 492 g/mol. The third-order valence-corrected chi connectivity index (χ3v) is 8.41. The van der Waals surface area contributed by atoms with Crippen LogP contribution in [-0.4, -0.2) is 69.2 Å². The van der Waals surface area contributed by atoms with Gasteiger partial charge in [-0.1, -0.05) is 0 Å². The van der Waals surface area contributed by atoms with E-state index >= 15 is 0 Å². The number of amides is 1. The van der Waals surface area contributed by atoms with Crippen LogP contribution in [0.3, 0.4) is 0 Å². The predicted molar refractivity (Wildman–Crippen MR) is 140 cm³/mol. The second-order valence-electron chi connectivity index (χ2n) is 10.9. The molecule has 3 aromatic rings.